The molecule has 1 aliphatic carbocycles. The second kappa shape index (κ2) is 7.14. The van der Waals surface area contributed by atoms with Crippen LogP contribution in [0, 0.1) is 6.92 Å². The van der Waals surface area contributed by atoms with Gasteiger partial charge in [0, 0.05) is 30.9 Å². The van der Waals surface area contributed by atoms with Crippen LogP contribution in [-0.4, -0.2) is 40.6 Å². The number of benzene rings is 1. The maximum absolute atomic E-state index is 12.8. The predicted molar refractivity (Wildman–Crippen MR) is 100 cm³/mol. The molecule has 2 aliphatic rings. The van der Waals surface area contributed by atoms with E-state index >= 15 is 0 Å². The highest BCUT2D eigenvalue weighted by molar-refractivity contribution is 5.79. The highest BCUT2D eigenvalue weighted by atomic mass is 16.5. The third kappa shape index (κ3) is 3.22. The average Bonchev–Trinajstić information content (AvgIpc) is 3.21. The Hall–Kier alpha value is -2.30. The minimum atomic E-state index is 0.198. The smallest absolute Gasteiger partial charge is 0.227 e. The summed E-state index contributed by atoms with van der Waals surface area (Å²) >= 11 is 0. The predicted octanol–water partition coefficient (Wildman–Crippen LogP) is 3.48. The van der Waals surface area contributed by atoms with Crippen molar-refractivity contribution in [2.24, 2.45) is 0 Å². The number of amides is 1. The van der Waals surface area contributed by atoms with Crippen LogP contribution in [-0.2, 0) is 11.2 Å². The molecule has 0 radical (unpaired) electrons. The number of nitrogens with zero attached hydrogens (tertiary/aromatic N) is 3. The molecule has 1 unspecified atom stereocenters. The Balaban J connectivity index is 1.43. The zero-order valence-electron chi connectivity index (χ0n) is 15.6. The van der Waals surface area contributed by atoms with Crippen LogP contribution >= 0.6 is 0 Å². The van der Waals surface area contributed by atoms with Crippen molar-refractivity contribution in [2.45, 2.75) is 51.0 Å². The normalized spacial score (nSPS) is 20.2. The number of hydrogen-bond acceptors (Lipinski definition) is 3. The Kier molecular flexibility index (Phi) is 4.70. The number of ether oxygens (including phenoxy) is 1. The highest BCUT2D eigenvalue weighted by Crippen LogP contribution is 2.38. The summed E-state index contributed by atoms with van der Waals surface area (Å²) in [7, 11) is 1.65. The number of likely N-dealkylation sites (tertiary alicyclic amines) is 1. The van der Waals surface area contributed by atoms with Crippen LogP contribution in [0.2, 0.25) is 0 Å². The molecule has 2 heterocycles. The minimum absolute atomic E-state index is 0.198. The van der Waals surface area contributed by atoms with E-state index in [0.29, 0.717) is 18.4 Å². The van der Waals surface area contributed by atoms with E-state index in [-0.39, 0.29) is 5.91 Å². The molecule has 0 N–H and O–H groups in total. The van der Waals surface area contributed by atoms with Gasteiger partial charge in [-0.15, -0.1) is 0 Å². The van der Waals surface area contributed by atoms with E-state index in [4.69, 9.17) is 4.74 Å². The Morgan fingerprint density at radius 3 is 2.88 bits per heavy atom. The number of methoxy groups -OCH3 is 1. The first-order chi connectivity index (χ1) is 12.7. The van der Waals surface area contributed by atoms with E-state index in [1.165, 1.54) is 30.8 Å². The van der Waals surface area contributed by atoms with E-state index in [9.17, 15) is 4.79 Å². The third-order valence-electron chi connectivity index (χ3n) is 5.85. The molecular formula is C21H27N3O2. The molecule has 1 aromatic heterocycles. The Morgan fingerprint density at radius 1 is 1.31 bits per heavy atom. The minimum Gasteiger partial charge on any atom is -0.497 e. The lowest BCUT2D eigenvalue weighted by Crippen LogP contribution is -2.31. The Labute approximate surface area is 155 Å². The lowest BCUT2D eigenvalue weighted by atomic mass is 9.84. The van der Waals surface area contributed by atoms with E-state index < -0.39 is 0 Å². The van der Waals surface area contributed by atoms with E-state index in [1.54, 1.807) is 7.11 Å². The quantitative estimate of drug-likeness (QED) is 0.827. The van der Waals surface area contributed by atoms with Crippen molar-refractivity contribution in [2.75, 3.05) is 20.2 Å². The van der Waals surface area contributed by atoms with Crippen LogP contribution in [0.3, 0.4) is 0 Å². The molecule has 1 saturated heterocycles. The molecule has 2 aromatic rings. The van der Waals surface area contributed by atoms with Crippen molar-refractivity contribution in [3.8, 4) is 5.75 Å². The molecule has 0 spiro atoms. The lowest BCUT2D eigenvalue weighted by Gasteiger charge is -2.28. The molecular weight excluding hydrogens is 326 g/mol. The molecule has 1 aromatic carbocycles. The fourth-order valence-electron chi connectivity index (χ4n) is 4.16. The monoisotopic (exact) mass is 353 g/mol. The molecule has 5 heteroatoms. The first-order valence-electron chi connectivity index (χ1n) is 9.60. The topological polar surface area (TPSA) is 47.4 Å². The Morgan fingerprint density at radius 2 is 2.15 bits per heavy atom. The molecule has 1 amide bonds. The van der Waals surface area contributed by atoms with Gasteiger partial charge < -0.3 is 14.2 Å². The number of carbonyl (C=O) groups is 1. The van der Waals surface area contributed by atoms with Gasteiger partial charge in [-0.2, -0.15) is 0 Å². The second-order valence-electron chi connectivity index (χ2n) is 7.57. The fraction of sp³-hybridized carbons (Fsp3) is 0.524. The summed E-state index contributed by atoms with van der Waals surface area (Å²) in [5, 5.41) is 0. The number of rotatable bonds is 5. The molecule has 1 atom stereocenters. The highest BCUT2D eigenvalue weighted by Gasteiger charge is 2.32. The number of aryl methyl sites for hydroxylation is 1. The van der Waals surface area contributed by atoms with Crippen LogP contribution in [0.15, 0.2) is 30.5 Å². The first kappa shape index (κ1) is 17.1. The maximum Gasteiger partial charge on any atom is 0.227 e. The van der Waals surface area contributed by atoms with Crippen LogP contribution in [0.25, 0.3) is 0 Å². The van der Waals surface area contributed by atoms with Crippen molar-refractivity contribution >= 4 is 5.91 Å². The van der Waals surface area contributed by atoms with Crippen LogP contribution in [0.1, 0.15) is 54.7 Å². The molecule has 0 bridgehead atoms. The van der Waals surface area contributed by atoms with E-state index in [0.717, 1.165) is 30.8 Å². The summed E-state index contributed by atoms with van der Waals surface area (Å²) < 4.78 is 7.66. The summed E-state index contributed by atoms with van der Waals surface area (Å²) in [5.41, 5.74) is 2.23. The van der Waals surface area contributed by atoms with Crippen molar-refractivity contribution in [1.29, 1.82) is 0 Å². The van der Waals surface area contributed by atoms with Gasteiger partial charge in [0.1, 0.15) is 11.6 Å². The first-order valence-corrected chi connectivity index (χ1v) is 9.60. The van der Waals surface area contributed by atoms with Gasteiger partial charge in [-0.05, 0) is 43.9 Å². The van der Waals surface area contributed by atoms with E-state index in [1.807, 2.05) is 35.4 Å². The number of hydrogen-bond donors (Lipinski definition) is 0. The van der Waals surface area contributed by atoms with Crippen LogP contribution in [0.4, 0.5) is 0 Å². The van der Waals surface area contributed by atoms with Gasteiger partial charge in [0.2, 0.25) is 5.91 Å². The molecule has 1 saturated carbocycles. The average molecular weight is 353 g/mol. The zero-order valence-corrected chi connectivity index (χ0v) is 15.6. The van der Waals surface area contributed by atoms with Crippen molar-refractivity contribution < 1.29 is 9.53 Å². The number of carbonyl (C=O) groups excluding carboxylic acids is 1. The summed E-state index contributed by atoms with van der Waals surface area (Å²) in [6, 6.07) is 8.14. The largest absolute Gasteiger partial charge is 0.497 e. The molecule has 4 rings (SSSR count). The van der Waals surface area contributed by atoms with Crippen molar-refractivity contribution in [1.82, 2.24) is 14.5 Å². The van der Waals surface area contributed by atoms with Crippen LogP contribution < -0.4 is 4.74 Å². The van der Waals surface area contributed by atoms with Gasteiger partial charge >= 0.3 is 0 Å². The molecule has 2 fully saturated rings. The van der Waals surface area contributed by atoms with Gasteiger partial charge in [-0.25, -0.2) is 4.98 Å². The van der Waals surface area contributed by atoms with E-state index in [2.05, 4.69) is 16.5 Å². The fourth-order valence-corrected chi connectivity index (χ4v) is 4.16. The summed E-state index contributed by atoms with van der Waals surface area (Å²) in [4.78, 5) is 19.5. The Bertz CT molecular complexity index is 794. The SMILES string of the molecule is COc1cccc(CC(=O)N2CCC(n3c(C)cnc3C3CCC3)C2)c1. The summed E-state index contributed by atoms with van der Waals surface area (Å²) in [6.07, 6.45) is 7.26. The zero-order chi connectivity index (χ0) is 18.1. The molecule has 5 nitrogen and oxygen atoms in total. The summed E-state index contributed by atoms with van der Waals surface area (Å²) in [6.45, 7) is 3.75. The van der Waals surface area contributed by atoms with Gasteiger partial charge in [0.05, 0.1) is 19.6 Å². The standard InChI is InChI=1S/C21H27N3O2/c1-15-13-22-21(17-6-4-7-17)24(15)18-9-10-23(14-18)20(25)12-16-5-3-8-19(11-16)26-2/h3,5,8,11,13,17-18H,4,6-7,9-10,12,14H2,1-2H3. The van der Waals surface area contributed by atoms with Gasteiger partial charge in [0.15, 0.2) is 0 Å². The summed E-state index contributed by atoms with van der Waals surface area (Å²) in [5.74, 6) is 2.85. The van der Waals surface area contributed by atoms with Crippen molar-refractivity contribution in [3.05, 3.63) is 47.5 Å². The number of aromatic nitrogens is 2. The molecule has 1 aliphatic heterocycles. The molecule has 26 heavy (non-hydrogen) atoms. The van der Waals surface area contributed by atoms with Gasteiger partial charge in [-0.1, -0.05) is 18.6 Å². The number of imidazole rings is 1. The maximum atomic E-state index is 12.8. The van der Waals surface area contributed by atoms with Crippen LogP contribution in [0.5, 0.6) is 5.75 Å². The van der Waals surface area contributed by atoms with Crippen molar-refractivity contribution in [3.63, 3.8) is 0 Å². The molecule has 138 valence electrons. The van der Waals surface area contributed by atoms with Gasteiger partial charge in [0.25, 0.3) is 0 Å². The third-order valence-corrected chi connectivity index (χ3v) is 5.85. The lowest BCUT2D eigenvalue weighted by molar-refractivity contribution is -0.129. The van der Waals surface area contributed by atoms with Gasteiger partial charge in [-0.3, -0.25) is 4.79 Å². The second-order valence-corrected chi connectivity index (χ2v) is 7.57.